The van der Waals surface area contributed by atoms with Gasteiger partial charge in [0.05, 0.1) is 27.8 Å². The summed E-state index contributed by atoms with van der Waals surface area (Å²) in [6.45, 7) is 4.12. The SMILES string of the molecule is CC(C)c1cc(C(=O)N/N=C/c2coc3c(Cl)cc(Cl)cc3c2=O)cs1. The number of nitrogens with one attached hydrogen (secondary N) is 1. The van der Waals surface area contributed by atoms with Crippen molar-refractivity contribution in [3.8, 4) is 0 Å². The predicted octanol–water partition coefficient (Wildman–Crippen LogP) is 5.05. The molecule has 0 radical (unpaired) electrons. The van der Waals surface area contributed by atoms with Gasteiger partial charge in [-0.15, -0.1) is 11.3 Å². The summed E-state index contributed by atoms with van der Waals surface area (Å²) in [4.78, 5) is 25.7. The van der Waals surface area contributed by atoms with Gasteiger partial charge >= 0.3 is 0 Å². The molecule has 134 valence electrons. The van der Waals surface area contributed by atoms with E-state index >= 15 is 0 Å². The van der Waals surface area contributed by atoms with Crippen LogP contribution in [-0.4, -0.2) is 12.1 Å². The van der Waals surface area contributed by atoms with E-state index in [1.54, 1.807) is 5.38 Å². The second-order valence-corrected chi connectivity index (χ2v) is 7.66. The number of thiophene rings is 1. The molecule has 8 heteroatoms. The number of nitrogens with zero attached hydrogens (tertiary/aromatic N) is 1. The largest absolute Gasteiger partial charge is 0.462 e. The zero-order valence-electron chi connectivity index (χ0n) is 13.9. The molecule has 0 unspecified atom stereocenters. The van der Waals surface area contributed by atoms with Crippen LogP contribution < -0.4 is 10.9 Å². The Hall–Kier alpha value is -2.15. The van der Waals surface area contributed by atoms with E-state index in [1.165, 1.54) is 35.9 Å². The highest BCUT2D eigenvalue weighted by molar-refractivity contribution is 7.10. The van der Waals surface area contributed by atoms with Crippen LogP contribution in [0.1, 0.15) is 40.6 Å². The molecule has 1 aromatic carbocycles. The lowest BCUT2D eigenvalue weighted by atomic mass is 10.1. The van der Waals surface area contributed by atoms with Crippen molar-refractivity contribution < 1.29 is 9.21 Å². The third kappa shape index (κ3) is 3.82. The van der Waals surface area contributed by atoms with Gasteiger partial charge in [0.25, 0.3) is 5.91 Å². The van der Waals surface area contributed by atoms with Crippen LogP contribution in [0, 0.1) is 0 Å². The molecule has 2 aromatic heterocycles. The number of halogens is 2. The Bertz CT molecular complexity index is 1070. The first-order valence-corrected chi connectivity index (χ1v) is 9.32. The smallest absolute Gasteiger partial charge is 0.272 e. The second kappa shape index (κ2) is 7.61. The molecule has 0 saturated heterocycles. The maximum atomic E-state index is 12.5. The molecule has 2 heterocycles. The molecule has 0 fully saturated rings. The van der Waals surface area contributed by atoms with Gasteiger partial charge in [-0.25, -0.2) is 5.43 Å². The van der Waals surface area contributed by atoms with Crippen LogP contribution in [0.4, 0.5) is 0 Å². The van der Waals surface area contributed by atoms with E-state index in [9.17, 15) is 9.59 Å². The Morgan fingerprint density at radius 3 is 2.77 bits per heavy atom. The van der Waals surface area contributed by atoms with E-state index in [2.05, 4.69) is 24.4 Å². The summed E-state index contributed by atoms with van der Waals surface area (Å²) in [7, 11) is 0. The molecule has 0 bridgehead atoms. The summed E-state index contributed by atoms with van der Waals surface area (Å²) < 4.78 is 5.39. The highest BCUT2D eigenvalue weighted by Gasteiger charge is 2.11. The van der Waals surface area contributed by atoms with Crippen LogP contribution in [0.3, 0.4) is 0 Å². The lowest BCUT2D eigenvalue weighted by molar-refractivity contribution is 0.0955. The highest BCUT2D eigenvalue weighted by atomic mass is 35.5. The van der Waals surface area contributed by atoms with Crippen molar-refractivity contribution in [3.05, 3.63) is 66.1 Å². The Morgan fingerprint density at radius 2 is 2.08 bits per heavy atom. The zero-order chi connectivity index (χ0) is 18.8. The highest BCUT2D eigenvalue weighted by Crippen LogP contribution is 2.26. The number of carbonyl (C=O) groups excluding carboxylic acids is 1. The molecule has 0 atom stereocenters. The second-order valence-electron chi connectivity index (χ2n) is 5.88. The van der Waals surface area contributed by atoms with Crippen LogP contribution in [0.25, 0.3) is 11.0 Å². The molecule has 0 saturated carbocycles. The third-order valence-electron chi connectivity index (χ3n) is 3.64. The standard InChI is InChI=1S/C18H14Cl2N2O3S/c1-9(2)15-3-10(8-26-15)18(24)22-21-6-11-7-25-17-13(16(11)23)4-12(19)5-14(17)20/h3-9H,1-2H3,(H,22,24)/b21-6+. The van der Waals surface area contributed by atoms with E-state index < -0.39 is 0 Å². The van der Waals surface area contributed by atoms with Crippen LogP contribution in [0.5, 0.6) is 0 Å². The van der Waals surface area contributed by atoms with Gasteiger partial charge in [0.1, 0.15) is 6.26 Å². The first-order chi connectivity index (χ1) is 12.4. The lowest BCUT2D eigenvalue weighted by Crippen LogP contribution is -2.18. The van der Waals surface area contributed by atoms with Crippen molar-refractivity contribution in [1.82, 2.24) is 5.43 Å². The molecule has 1 amide bonds. The molecule has 0 spiro atoms. The minimum absolute atomic E-state index is 0.171. The Balaban J connectivity index is 1.81. The molecule has 0 aliphatic carbocycles. The number of hydrogen-bond acceptors (Lipinski definition) is 5. The molecule has 26 heavy (non-hydrogen) atoms. The normalized spacial score (nSPS) is 11.6. The van der Waals surface area contributed by atoms with E-state index in [0.29, 0.717) is 16.5 Å². The van der Waals surface area contributed by atoms with Crippen molar-refractivity contribution in [2.45, 2.75) is 19.8 Å². The van der Waals surface area contributed by atoms with Gasteiger partial charge < -0.3 is 4.42 Å². The van der Waals surface area contributed by atoms with Gasteiger partial charge in [0.2, 0.25) is 5.43 Å². The van der Waals surface area contributed by atoms with Gasteiger partial charge in [-0.3, -0.25) is 9.59 Å². The van der Waals surface area contributed by atoms with Crippen LogP contribution in [-0.2, 0) is 0 Å². The summed E-state index contributed by atoms with van der Waals surface area (Å²) in [5.41, 5.74) is 3.01. The first kappa shape index (κ1) is 18.6. The van der Waals surface area contributed by atoms with E-state index in [0.717, 1.165) is 4.88 Å². The molecular formula is C18H14Cl2N2O3S. The lowest BCUT2D eigenvalue weighted by Gasteiger charge is -2.01. The quantitative estimate of drug-likeness (QED) is 0.484. The molecular weight excluding hydrogens is 395 g/mol. The summed E-state index contributed by atoms with van der Waals surface area (Å²) in [6.07, 6.45) is 2.47. The fourth-order valence-corrected chi connectivity index (χ4v) is 3.71. The van der Waals surface area contributed by atoms with Gasteiger partial charge in [-0.1, -0.05) is 37.0 Å². The third-order valence-corrected chi connectivity index (χ3v) is 5.37. The molecule has 0 aliphatic heterocycles. The number of carbonyl (C=O) groups is 1. The van der Waals surface area contributed by atoms with Crippen LogP contribution in [0.2, 0.25) is 10.0 Å². The maximum Gasteiger partial charge on any atom is 0.272 e. The van der Waals surface area contributed by atoms with Crippen molar-refractivity contribution in [1.29, 1.82) is 0 Å². The molecule has 5 nitrogen and oxygen atoms in total. The Morgan fingerprint density at radius 1 is 1.31 bits per heavy atom. The van der Waals surface area contributed by atoms with Crippen LogP contribution in [0.15, 0.2) is 44.2 Å². The Labute approximate surface area is 163 Å². The summed E-state index contributed by atoms with van der Waals surface area (Å²) >= 11 is 13.5. The minimum atomic E-state index is -0.347. The van der Waals surface area contributed by atoms with Gasteiger partial charge in [-0.2, -0.15) is 5.10 Å². The zero-order valence-corrected chi connectivity index (χ0v) is 16.2. The van der Waals surface area contributed by atoms with Crippen molar-refractivity contribution in [2.75, 3.05) is 0 Å². The van der Waals surface area contributed by atoms with Gasteiger partial charge in [0.15, 0.2) is 5.58 Å². The fraction of sp³-hybridized carbons (Fsp3) is 0.167. The average Bonchev–Trinajstić information content (AvgIpc) is 3.07. The van der Waals surface area contributed by atoms with E-state index in [-0.39, 0.29) is 32.9 Å². The number of benzene rings is 1. The van der Waals surface area contributed by atoms with E-state index in [1.807, 2.05) is 6.07 Å². The number of hydrazone groups is 1. The van der Waals surface area contributed by atoms with Gasteiger partial charge in [0, 0.05) is 15.3 Å². The molecule has 3 aromatic rings. The molecule has 3 rings (SSSR count). The van der Waals surface area contributed by atoms with Crippen molar-refractivity contribution in [3.63, 3.8) is 0 Å². The monoisotopic (exact) mass is 408 g/mol. The average molecular weight is 409 g/mol. The number of rotatable bonds is 4. The molecule has 0 aliphatic rings. The van der Waals surface area contributed by atoms with Crippen molar-refractivity contribution in [2.24, 2.45) is 5.10 Å². The minimum Gasteiger partial charge on any atom is -0.462 e. The number of fused-ring (bicyclic) bond motifs is 1. The summed E-state index contributed by atoms with van der Waals surface area (Å²) in [6, 6.07) is 4.80. The van der Waals surface area contributed by atoms with E-state index in [4.69, 9.17) is 27.6 Å². The number of amides is 1. The van der Waals surface area contributed by atoms with Gasteiger partial charge in [-0.05, 0) is 24.1 Å². The number of hydrogen-bond donors (Lipinski definition) is 1. The summed E-state index contributed by atoms with van der Waals surface area (Å²) in [5.74, 6) is 0.00611. The van der Waals surface area contributed by atoms with Crippen LogP contribution >= 0.6 is 34.5 Å². The predicted molar refractivity (Wildman–Crippen MR) is 106 cm³/mol. The first-order valence-electron chi connectivity index (χ1n) is 7.69. The topological polar surface area (TPSA) is 71.7 Å². The summed E-state index contributed by atoms with van der Waals surface area (Å²) in [5, 5.41) is 6.44. The fourth-order valence-electron chi connectivity index (χ4n) is 2.27. The maximum absolute atomic E-state index is 12.5. The van der Waals surface area contributed by atoms with Crippen molar-refractivity contribution >= 4 is 57.6 Å². The molecule has 1 N–H and O–H groups in total. The Kier molecular flexibility index (Phi) is 5.46.